The van der Waals surface area contributed by atoms with Crippen molar-refractivity contribution >= 4 is 35.1 Å². The first kappa shape index (κ1) is 22.1. The number of pyridine rings is 1. The van der Waals surface area contributed by atoms with E-state index in [0.29, 0.717) is 23.1 Å². The largest absolute Gasteiger partial charge is 0.450 e. The number of anilines is 2. The van der Waals surface area contributed by atoms with Gasteiger partial charge in [0, 0.05) is 25.7 Å². The van der Waals surface area contributed by atoms with Crippen LogP contribution >= 0.6 is 11.6 Å². The lowest BCUT2D eigenvalue weighted by Crippen LogP contribution is -2.50. The molecule has 0 radical (unpaired) electrons. The van der Waals surface area contributed by atoms with Crippen molar-refractivity contribution in [2.24, 2.45) is 5.41 Å². The SMILES string of the molecule is CCOC(=O)Nc1cnc(N2CCC[C@]3(CCN(C4CCC(O)CC4)C3=O)C2)c(Cl)c1. The van der Waals surface area contributed by atoms with Crippen LogP contribution in [-0.4, -0.2) is 65.4 Å². The zero-order valence-corrected chi connectivity index (χ0v) is 18.7. The molecule has 9 heteroatoms. The van der Waals surface area contributed by atoms with Crippen molar-refractivity contribution in [3.8, 4) is 0 Å². The summed E-state index contributed by atoms with van der Waals surface area (Å²) in [6.45, 7) is 4.21. The average Bonchev–Trinajstić information content (AvgIpc) is 3.04. The molecule has 3 heterocycles. The van der Waals surface area contributed by atoms with Gasteiger partial charge in [0.25, 0.3) is 0 Å². The number of nitrogens with one attached hydrogen (secondary N) is 1. The van der Waals surface area contributed by atoms with Gasteiger partial charge >= 0.3 is 6.09 Å². The number of nitrogens with zero attached hydrogens (tertiary/aromatic N) is 3. The van der Waals surface area contributed by atoms with E-state index in [1.165, 1.54) is 0 Å². The van der Waals surface area contributed by atoms with Crippen molar-refractivity contribution in [1.82, 2.24) is 9.88 Å². The number of rotatable bonds is 4. The molecule has 4 rings (SSSR count). The molecule has 1 aliphatic carbocycles. The predicted octanol–water partition coefficient (Wildman–Crippen LogP) is 3.43. The number of carbonyl (C=O) groups is 2. The summed E-state index contributed by atoms with van der Waals surface area (Å²) in [6, 6.07) is 1.92. The Morgan fingerprint density at radius 1 is 1.32 bits per heavy atom. The first-order chi connectivity index (χ1) is 14.9. The lowest BCUT2D eigenvalue weighted by Gasteiger charge is -2.41. The van der Waals surface area contributed by atoms with Crippen LogP contribution in [0.4, 0.5) is 16.3 Å². The van der Waals surface area contributed by atoms with Gasteiger partial charge in [-0.3, -0.25) is 10.1 Å². The van der Waals surface area contributed by atoms with Crippen LogP contribution in [0.1, 0.15) is 51.9 Å². The second-order valence-corrected chi connectivity index (χ2v) is 9.30. The molecule has 2 N–H and O–H groups in total. The fourth-order valence-corrected chi connectivity index (χ4v) is 5.56. The third-order valence-corrected chi connectivity index (χ3v) is 7.15. The van der Waals surface area contributed by atoms with E-state index >= 15 is 0 Å². The second-order valence-electron chi connectivity index (χ2n) is 8.89. The molecule has 3 fully saturated rings. The minimum absolute atomic E-state index is 0.220. The molecule has 1 atom stereocenters. The van der Waals surface area contributed by atoms with E-state index in [9.17, 15) is 14.7 Å². The molecule has 0 bridgehead atoms. The molecule has 0 aromatic carbocycles. The first-order valence-corrected chi connectivity index (χ1v) is 11.6. The highest BCUT2D eigenvalue weighted by Gasteiger charge is 2.51. The molecule has 31 heavy (non-hydrogen) atoms. The van der Waals surface area contributed by atoms with Gasteiger partial charge in [-0.05, 0) is 57.9 Å². The monoisotopic (exact) mass is 450 g/mol. The summed E-state index contributed by atoms with van der Waals surface area (Å²) in [7, 11) is 0. The smallest absolute Gasteiger partial charge is 0.411 e. The third kappa shape index (κ3) is 4.60. The van der Waals surface area contributed by atoms with Crippen molar-refractivity contribution in [2.75, 3.05) is 36.5 Å². The molecule has 2 amide bonds. The molecular weight excluding hydrogens is 420 g/mol. The Balaban J connectivity index is 1.45. The number of halogens is 1. The lowest BCUT2D eigenvalue weighted by atomic mass is 9.78. The van der Waals surface area contributed by atoms with Crippen molar-refractivity contribution in [3.05, 3.63) is 17.3 Å². The van der Waals surface area contributed by atoms with Gasteiger partial charge in [0.1, 0.15) is 5.82 Å². The summed E-state index contributed by atoms with van der Waals surface area (Å²) in [5, 5.41) is 12.8. The molecule has 170 valence electrons. The van der Waals surface area contributed by atoms with Gasteiger partial charge in [0.15, 0.2) is 0 Å². The van der Waals surface area contributed by atoms with Gasteiger partial charge < -0.3 is 19.6 Å². The Morgan fingerprint density at radius 3 is 2.81 bits per heavy atom. The Morgan fingerprint density at radius 2 is 2.10 bits per heavy atom. The third-order valence-electron chi connectivity index (χ3n) is 6.87. The summed E-state index contributed by atoms with van der Waals surface area (Å²) >= 11 is 6.50. The number of amides is 2. The van der Waals surface area contributed by atoms with Gasteiger partial charge in [-0.15, -0.1) is 0 Å². The summed E-state index contributed by atoms with van der Waals surface area (Å²) < 4.78 is 4.89. The molecule has 2 aliphatic heterocycles. The fourth-order valence-electron chi connectivity index (χ4n) is 5.27. The molecule has 1 aromatic heterocycles. The number of ether oxygens (including phenoxy) is 1. The number of piperidine rings is 1. The van der Waals surface area contributed by atoms with E-state index in [-0.39, 0.29) is 30.1 Å². The van der Waals surface area contributed by atoms with E-state index in [0.717, 1.165) is 58.0 Å². The number of hydrogen-bond acceptors (Lipinski definition) is 6. The van der Waals surface area contributed by atoms with Crippen LogP contribution < -0.4 is 10.2 Å². The minimum Gasteiger partial charge on any atom is -0.450 e. The fraction of sp³-hybridized carbons (Fsp3) is 0.682. The summed E-state index contributed by atoms with van der Waals surface area (Å²) in [5.74, 6) is 0.887. The second kappa shape index (κ2) is 9.20. The molecule has 3 aliphatic rings. The normalized spacial score (nSPS) is 28.8. The van der Waals surface area contributed by atoms with E-state index in [1.54, 1.807) is 19.2 Å². The summed E-state index contributed by atoms with van der Waals surface area (Å²) in [6.07, 6.45) is 6.76. The van der Waals surface area contributed by atoms with E-state index in [4.69, 9.17) is 16.3 Å². The highest BCUT2D eigenvalue weighted by Crippen LogP contribution is 2.44. The number of aliphatic hydroxyl groups is 1. The molecule has 2 saturated heterocycles. The Kier molecular flexibility index (Phi) is 6.57. The topological polar surface area (TPSA) is 95.0 Å². The lowest BCUT2D eigenvalue weighted by molar-refractivity contribution is -0.139. The number of hydrogen-bond donors (Lipinski definition) is 2. The number of likely N-dealkylation sites (tertiary alicyclic amines) is 1. The standard InChI is InChI=1S/C22H31ClN4O4/c1-2-31-21(30)25-15-12-18(23)19(24-13-15)26-10-3-8-22(14-26)9-11-27(20(22)29)16-4-6-17(28)7-5-16/h12-13,16-17,28H,2-11,14H2,1H3,(H,25,30)/t16?,17?,22-/m0/s1. The molecule has 8 nitrogen and oxygen atoms in total. The van der Waals surface area contributed by atoms with Gasteiger partial charge in [-0.1, -0.05) is 11.6 Å². The first-order valence-electron chi connectivity index (χ1n) is 11.3. The van der Waals surface area contributed by atoms with Crippen molar-refractivity contribution in [1.29, 1.82) is 0 Å². The highest BCUT2D eigenvalue weighted by atomic mass is 35.5. The van der Waals surface area contributed by atoms with Crippen LogP contribution in [0.5, 0.6) is 0 Å². The van der Waals surface area contributed by atoms with Crippen LogP contribution in [0.2, 0.25) is 5.02 Å². The van der Waals surface area contributed by atoms with Crippen molar-refractivity contribution in [3.63, 3.8) is 0 Å². The minimum atomic E-state index is -0.545. The number of aliphatic hydroxyl groups excluding tert-OH is 1. The van der Waals surface area contributed by atoms with Crippen LogP contribution in [0.3, 0.4) is 0 Å². The zero-order valence-electron chi connectivity index (χ0n) is 18.0. The van der Waals surface area contributed by atoms with E-state index in [1.807, 2.05) is 0 Å². The van der Waals surface area contributed by atoms with E-state index < -0.39 is 6.09 Å². The van der Waals surface area contributed by atoms with Gasteiger partial charge in [0.2, 0.25) is 5.91 Å². The van der Waals surface area contributed by atoms with Crippen LogP contribution in [0.15, 0.2) is 12.3 Å². The van der Waals surface area contributed by atoms with Crippen molar-refractivity contribution < 1.29 is 19.4 Å². The van der Waals surface area contributed by atoms with E-state index in [2.05, 4.69) is 20.1 Å². The Labute approximate surface area is 187 Å². The van der Waals surface area contributed by atoms with Crippen LogP contribution in [0.25, 0.3) is 0 Å². The predicted molar refractivity (Wildman–Crippen MR) is 118 cm³/mol. The van der Waals surface area contributed by atoms with Crippen LogP contribution in [-0.2, 0) is 9.53 Å². The zero-order chi connectivity index (χ0) is 22.0. The molecule has 0 unspecified atom stereocenters. The number of aromatic nitrogens is 1. The Bertz CT molecular complexity index is 830. The molecular formula is C22H31ClN4O4. The molecule has 1 saturated carbocycles. The van der Waals surface area contributed by atoms with Gasteiger partial charge in [-0.2, -0.15) is 0 Å². The number of carbonyl (C=O) groups excluding carboxylic acids is 2. The highest BCUT2D eigenvalue weighted by molar-refractivity contribution is 6.33. The maximum absolute atomic E-state index is 13.5. The maximum atomic E-state index is 13.5. The molecule has 1 aromatic rings. The average molecular weight is 451 g/mol. The summed E-state index contributed by atoms with van der Waals surface area (Å²) in [5.41, 5.74) is 0.0859. The van der Waals surface area contributed by atoms with Gasteiger partial charge in [0.05, 0.1) is 35.0 Å². The van der Waals surface area contributed by atoms with Crippen molar-refractivity contribution in [2.45, 2.75) is 64.0 Å². The molecule has 1 spiro atoms. The summed E-state index contributed by atoms with van der Waals surface area (Å²) in [4.78, 5) is 33.8. The quantitative estimate of drug-likeness (QED) is 0.729. The van der Waals surface area contributed by atoms with Gasteiger partial charge in [-0.25, -0.2) is 9.78 Å². The van der Waals surface area contributed by atoms with Crippen LogP contribution in [0, 0.1) is 5.41 Å². The Hall–Kier alpha value is -2.06. The maximum Gasteiger partial charge on any atom is 0.411 e.